The van der Waals surface area contributed by atoms with Crippen molar-refractivity contribution in [3.8, 4) is 17.2 Å². The third kappa shape index (κ3) is 4.38. The van der Waals surface area contributed by atoms with Crippen LogP contribution in [-0.4, -0.2) is 68.4 Å². The summed E-state index contributed by atoms with van der Waals surface area (Å²) in [6.07, 6.45) is 2.21. The van der Waals surface area contributed by atoms with Gasteiger partial charge >= 0.3 is 11.8 Å². The molecule has 2 aromatic rings. The number of aromatic hydroxyl groups is 1. The fourth-order valence-corrected chi connectivity index (χ4v) is 4.47. The highest BCUT2D eigenvalue weighted by molar-refractivity contribution is 6.06. The van der Waals surface area contributed by atoms with Gasteiger partial charge in [0.05, 0.1) is 24.4 Å². The smallest absolute Gasteiger partial charge is 0.416 e. The zero-order chi connectivity index (χ0) is 25.1. The second-order valence-corrected chi connectivity index (χ2v) is 8.03. The van der Waals surface area contributed by atoms with Crippen LogP contribution in [0.2, 0.25) is 0 Å². The number of nitrogens with zero attached hydrogens (tertiary/aromatic N) is 2. The first-order chi connectivity index (χ1) is 16.9. The van der Waals surface area contributed by atoms with Crippen molar-refractivity contribution >= 4 is 30.0 Å². The van der Waals surface area contributed by atoms with Gasteiger partial charge in [-0.05, 0) is 35.8 Å². The number of hydrogen-bond donors (Lipinski definition) is 1. The van der Waals surface area contributed by atoms with Gasteiger partial charge in [0.1, 0.15) is 6.61 Å². The molecule has 0 saturated heterocycles. The lowest BCUT2D eigenvalue weighted by Crippen LogP contribution is -2.55. The summed E-state index contributed by atoms with van der Waals surface area (Å²) in [6.45, 7) is 7.27. The highest BCUT2D eigenvalue weighted by Crippen LogP contribution is 2.42. The number of amides is 2. The van der Waals surface area contributed by atoms with E-state index in [0.29, 0.717) is 18.7 Å². The van der Waals surface area contributed by atoms with Crippen LogP contribution < -0.4 is 9.64 Å². The van der Waals surface area contributed by atoms with Crippen LogP contribution in [0, 0.1) is 0 Å². The number of methoxy groups -OCH3 is 2. The molecule has 0 fully saturated rings. The van der Waals surface area contributed by atoms with Gasteiger partial charge in [-0.25, -0.2) is 14.1 Å². The van der Waals surface area contributed by atoms with Crippen LogP contribution in [0.25, 0.3) is 5.57 Å². The summed E-state index contributed by atoms with van der Waals surface area (Å²) in [5, 5.41) is 10.5. The topological polar surface area (TPSA) is 99.8 Å². The molecule has 2 aromatic carbocycles. The highest BCUT2D eigenvalue weighted by Gasteiger charge is 2.45. The molecule has 2 aliphatic rings. The first kappa shape index (κ1) is 24.0. The molecule has 2 aliphatic heterocycles. The Morgan fingerprint density at radius 1 is 1.26 bits per heavy atom. The van der Waals surface area contributed by atoms with Crippen molar-refractivity contribution in [1.82, 2.24) is 4.90 Å². The quantitative estimate of drug-likeness (QED) is 0.499. The number of phenols is 1. The van der Waals surface area contributed by atoms with Crippen molar-refractivity contribution in [2.24, 2.45) is 0 Å². The Kier molecular flexibility index (Phi) is 6.88. The number of rotatable bonds is 6. The number of fused-ring (bicyclic) bond motifs is 2. The SMILES string of the molecule is C=CCOC(=O)N1c2cc(O)c(OC)cc2C(=O)N2CC=C(c3ccc([O+]=C)cc3)C[C@H]2C1OC. The molecule has 2 heterocycles. The van der Waals surface area contributed by atoms with Crippen molar-refractivity contribution in [3.05, 3.63) is 66.3 Å². The Hall–Kier alpha value is -4.11. The second kappa shape index (κ2) is 10.0. The van der Waals surface area contributed by atoms with E-state index in [1.807, 2.05) is 30.3 Å². The molecule has 0 bridgehead atoms. The molecule has 4 rings (SSSR count). The van der Waals surface area contributed by atoms with Gasteiger partial charge in [-0.3, -0.25) is 4.79 Å². The van der Waals surface area contributed by atoms with E-state index in [9.17, 15) is 14.7 Å². The second-order valence-electron chi connectivity index (χ2n) is 8.03. The Balaban J connectivity index is 1.82. The monoisotopic (exact) mass is 479 g/mol. The Labute approximate surface area is 203 Å². The summed E-state index contributed by atoms with van der Waals surface area (Å²) < 4.78 is 21.4. The van der Waals surface area contributed by atoms with Crippen LogP contribution in [0.15, 0.2) is 55.1 Å². The lowest BCUT2D eigenvalue weighted by Gasteiger charge is -2.40. The first-order valence-corrected chi connectivity index (χ1v) is 11.0. The van der Waals surface area contributed by atoms with E-state index in [-0.39, 0.29) is 35.3 Å². The molecule has 0 aromatic heterocycles. The zero-order valence-corrected chi connectivity index (χ0v) is 19.6. The van der Waals surface area contributed by atoms with Crippen molar-refractivity contribution in [1.29, 1.82) is 0 Å². The van der Waals surface area contributed by atoms with Gasteiger partial charge in [0.25, 0.3) is 12.7 Å². The van der Waals surface area contributed by atoms with Gasteiger partial charge < -0.3 is 24.2 Å². The summed E-state index contributed by atoms with van der Waals surface area (Å²) in [5.74, 6) is 0.207. The van der Waals surface area contributed by atoms with Gasteiger partial charge in [0, 0.05) is 31.9 Å². The van der Waals surface area contributed by atoms with E-state index < -0.39 is 18.4 Å². The highest BCUT2D eigenvalue weighted by atomic mass is 16.6. The molecule has 2 amide bonds. The average molecular weight is 480 g/mol. The first-order valence-electron chi connectivity index (χ1n) is 11.0. The van der Waals surface area contributed by atoms with Gasteiger partial charge in [0.2, 0.25) is 0 Å². The summed E-state index contributed by atoms with van der Waals surface area (Å²) in [4.78, 5) is 29.8. The third-order valence-corrected chi connectivity index (χ3v) is 6.15. The summed E-state index contributed by atoms with van der Waals surface area (Å²) >= 11 is 0. The molecule has 35 heavy (non-hydrogen) atoms. The summed E-state index contributed by atoms with van der Waals surface area (Å²) in [7, 11) is 2.86. The fourth-order valence-electron chi connectivity index (χ4n) is 4.47. The molecule has 0 radical (unpaired) electrons. The number of hydrogen-bond acceptors (Lipinski definition) is 6. The number of carbonyl (C=O) groups is 2. The van der Waals surface area contributed by atoms with Crippen LogP contribution in [-0.2, 0) is 13.9 Å². The molecule has 0 spiro atoms. The van der Waals surface area contributed by atoms with Gasteiger partial charge in [-0.15, -0.1) is 0 Å². The van der Waals surface area contributed by atoms with Crippen molar-refractivity contribution in [2.75, 3.05) is 32.3 Å². The van der Waals surface area contributed by atoms with Gasteiger partial charge in [0.15, 0.2) is 17.7 Å². The van der Waals surface area contributed by atoms with Crippen LogP contribution in [0.5, 0.6) is 17.2 Å². The lowest BCUT2D eigenvalue weighted by molar-refractivity contribution is -0.354. The third-order valence-electron chi connectivity index (χ3n) is 6.15. The minimum Gasteiger partial charge on any atom is -0.504 e. The number of ether oxygens (including phenoxy) is 3. The maximum absolute atomic E-state index is 13.7. The van der Waals surface area contributed by atoms with Crippen molar-refractivity contribution < 1.29 is 33.3 Å². The maximum Gasteiger partial charge on any atom is 0.416 e. The standard InChI is InChI=1S/C26H26N2O7/c1-5-12-35-26(31)28-20-15-22(29)23(33-3)14-19(20)24(30)27-11-10-17(13-21(27)25(28)34-4)16-6-8-18(32-2)9-7-16/h5-10,14-15,21,25H,1-2,11-13H2,3-4H3/p+1/t21-,25?/m0/s1. The van der Waals surface area contributed by atoms with Crippen LogP contribution in [0.4, 0.5) is 10.5 Å². The Morgan fingerprint density at radius 3 is 2.63 bits per heavy atom. The number of phenolic OH excluding ortho intramolecular Hbond substituents is 1. The molecule has 2 atom stereocenters. The van der Waals surface area contributed by atoms with Crippen LogP contribution in [0.3, 0.4) is 0 Å². The summed E-state index contributed by atoms with van der Waals surface area (Å²) in [6, 6.07) is 9.65. The van der Waals surface area contributed by atoms with E-state index in [2.05, 4.69) is 13.4 Å². The molecular weight excluding hydrogens is 452 g/mol. The Bertz CT molecular complexity index is 1190. The molecule has 182 valence electrons. The fraction of sp³-hybridized carbons (Fsp3) is 0.269. The number of anilines is 1. The maximum atomic E-state index is 13.7. The molecular formula is C26H27N2O7+. The number of carbonyl (C=O) groups excluding carboxylic acids is 3. The van der Waals surface area contributed by atoms with Gasteiger partial charge in [-0.1, -0.05) is 18.7 Å². The predicted octanol–water partition coefficient (Wildman–Crippen LogP) is 3.89. The average Bonchev–Trinajstić information content (AvgIpc) is 2.98. The van der Waals surface area contributed by atoms with Crippen LogP contribution in [0.1, 0.15) is 22.3 Å². The normalized spacial score (nSPS) is 19.1. The van der Waals surface area contributed by atoms with Gasteiger partial charge in [-0.2, -0.15) is 0 Å². The predicted molar refractivity (Wildman–Crippen MR) is 130 cm³/mol. The Morgan fingerprint density at radius 2 is 2.00 bits per heavy atom. The molecule has 0 aliphatic carbocycles. The largest absolute Gasteiger partial charge is 0.504 e. The van der Waals surface area contributed by atoms with E-state index in [0.717, 1.165) is 11.1 Å². The summed E-state index contributed by atoms with van der Waals surface area (Å²) in [5.41, 5.74) is 2.30. The molecule has 1 unspecified atom stereocenters. The zero-order valence-electron chi connectivity index (χ0n) is 19.6. The molecule has 9 nitrogen and oxygen atoms in total. The minimum absolute atomic E-state index is 0.0303. The minimum atomic E-state index is -0.892. The lowest BCUT2D eigenvalue weighted by atomic mass is 9.92. The van der Waals surface area contributed by atoms with E-state index in [1.165, 1.54) is 37.3 Å². The number of benzene rings is 2. The van der Waals surface area contributed by atoms with E-state index in [4.69, 9.17) is 18.6 Å². The van der Waals surface area contributed by atoms with E-state index >= 15 is 0 Å². The van der Waals surface area contributed by atoms with Crippen LogP contribution >= 0.6 is 0 Å². The van der Waals surface area contributed by atoms with Crippen molar-refractivity contribution in [2.45, 2.75) is 18.7 Å². The van der Waals surface area contributed by atoms with Crippen molar-refractivity contribution in [3.63, 3.8) is 0 Å². The molecule has 0 saturated carbocycles. The van der Waals surface area contributed by atoms with E-state index in [1.54, 1.807) is 4.90 Å². The molecule has 1 N–H and O–H groups in total. The molecule has 9 heteroatoms.